The van der Waals surface area contributed by atoms with E-state index in [1.54, 1.807) is 0 Å². The highest BCUT2D eigenvalue weighted by atomic mass is 16.4. The first-order chi connectivity index (χ1) is 8.79. The SMILES string of the molecule is O=C1CC(O)C(=O)N1C[C@@H](O)[C@@H](O)[C@H](O)[C@@H](O)CO. The molecule has 0 radical (unpaired) electrons. The van der Waals surface area contributed by atoms with Gasteiger partial charge in [0.2, 0.25) is 5.91 Å². The minimum atomic E-state index is -1.86. The molecule has 2 amide bonds. The van der Waals surface area contributed by atoms with Gasteiger partial charge in [0.1, 0.15) is 30.5 Å². The first-order valence-corrected chi connectivity index (χ1v) is 5.65. The number of aliphatic hydroxyl groups is 6. The van der Waals surface area contributed by atoms with Crippen LogP contribution in [0.15, 0.2) is 0 Å². The molecule has 1 saturated heterocycles. The summed E-state index contributed by atoms with van der Waals surface area (Å²) in [6, 6.07) is 0. The van der Waals surface area contributed by atoms with Crippen molar-refractivity contribution in [2.75, 3.05) is 13.2 Å². The highest BCUT2D eigenvalue weighted by Gasteiger charge is 2.40. The zero-order valence-electron chi connectivity index (χ0n) is 9.96. The van der Waals surface area contributed by atoms with Crippen LogP contribution in [0.1, 0.15) is 6.42 Å². The molecule has 0 aliphatic carbocycles. The van der Waals surface area contributed by atoms with Crippen molar-refractivity contribution < 1.29 is 40.2 Å². The first-order valence-electron chi connectivity index (χ1n) is 5.65. The van der Waals surface area contributed by atoms with E-state index in [4.69, 9.17) is 15.3 Å². The summed E-state index contributed by atoms with van der Waals surface area (Å²) in [5, 5.41) is 55.3. The molecule has 1 unspecified atom stereocenters. The lowest BCUT2D eigenvalue weighted by Gasteiger charge is -2.27. The Morgan fingerprint density at radius 3 is 2.05 bits per heavy atom. The van der Waals surface area contributed by atoms with E-state index in [2.05, 4.69) is 0 Å². The summed E-state index contributed by atoms with van der Waals surface area (Å²) < 4.78 is 0. The number of carbonyl (C=O) groups excluding carboxylic acids is 2. The lowest BCUT2D eigenvalue weighted by Crippen LogP contribution is -2.50. The highest BCUT2D eigenvalue weighted by Crippen LogP contribution is 2.15. The van der Waals surface area contributed by atoms with Crippen LogP contribution in [0.2, 0.25) is 0 Å². The Morgan fingerprint density at radius 1 is 1.11 bits per heavy atom. The average Bonchev–Trinajstić information content (AvgIpc) is 2.62. The molecule has 0 aromatic carbocycles. The third-order valence-corrected chi connectivity index (χ3v) is 2.92. The fourth-order valence-corrected chi connectivity index (χ4v) is 1.72. The van der Waals surface area contributed by atoms with E-state index >= 15 is 0 Å². The Kier molecular flexibility index (Phi) is 5.35. The summed E-state index contributed by atoms with van der Waals surface area (Å²) in [5.74, 6) is -1.60. The number of hydrogen-bond acceptors (Lipinski definition) is 8. The Labute approximate surface area is 108 Å². The average molecular weight is 279 g/mol. The van der Waals surface area contributed by atoms with Gasteiger partial charge in [-0.1, -0.05) is 0 Å². The van der Waals surface area contributed by atoms with Crippen LogP contribution in [0.25, 0.3) is 0 Å². The van der Waals surface area contributed by atoms with Gasteiger partial charge in [-0.25, -0.2) is 0 Å². The Balaban J connectivity index is 2.62. The molecule has 110 valence electrons. The van der Waals surface area contributed by atoms with E-state index in [0.29, 0.717) is 4.90 Å². The van der Waals surface area contributed by atoms with Crippen molar-refractivity contribution in [3.63, 3.8) is 0 Å². The number of β-amino-alcohol motifs (C(OH)–C–C–N with tert-alkyl or cyclic N) is 1. The summed E-state index contributed by atoms with van der Waals surface area (Å²) in [4.78, 5) is 23.2. The Hall–Kier alpha value is -1.10. The molecule has 6 N–H and O–H groups in total. The molecular weight excluding hydrogens is 262 g/mol. The fraction of sp³-hybridized carbons (Fsp3) is 0.800. The molecule has 0 bridgehead atoms. The van der Waals surface area contributed by atoms with Crippen molar-refractivity contribution in [3.05, 3.63) is 0 Å². The standard InChI is InChI=1S/C10H17NO8/c12-3-6(15)9(18)8(17)5(14)2-11-7(16)1-4(13)10(11)19/h4-6,8-9,12-15,17-18H,1-3H2/t4?,5-,6+,8-,9-/m1/s1. The summed E-state index contributed by atoms with van der Waals surface area (Å²) in [6.45, 7) is -1.45. The van der Waals surface area contributed by atoms with E-state index in [1.807, 2.05) is 0 Å². The lowest BCUT2D eigenvalue weighted by atomic mass is 10.0. The largest absolute Gasteiger partial charge is 0.394 e. The minimum absolute atomic E-state index is 0.399. The topological polar surface area (TPSA) is 159 Å². The second kappa shape index (κ2) is 6.37. The summed E-state index contributed by atoms with van der Waals surface area (Å²) >= 11 is 0. The molecule has 1 heterocycles. The van der Waals surface area contributed by atoms with Crippen LogP contribution in [0.5, 0.6) is 0 Å². The van der Waals surface area contributed by atoms with Gasteiger partial charge in [-0.05, 0) is 0 Å². The van der Waals surface area contributed by atoms with Crippen LogP contribution < -0.4 is 0 Å². The van der Waals surface area contributed by atoms with Gasteiger partial charge in [0, 0.05) is 0 Å². The molecule has 0 saturated carbocycles. The first kappa shape index (κ1) is 16.0. The number of hydrogen-bond donors (Lipinski definition) is 6. The number of amides is 2. The lowest BCUT2D eigenvalue weighted by molar-refractivity contribution is -0.148. The van der Waals surface area contributed by atoms with E-state index in [0.717, 1.165) is 0 Å². The maximum absolute atomic E-state index is 11.3. The normalized spacial score (nSPS) is 26.4. The van der Waals surface area contributed by atoms with Crippen molar-refractivity contribution in [1.29, 1.82) is 0 Å². The van der Waals surface area contributed by atoms with Crippen molar-refractivity contribution in [2.24, 2.45) is 0 Å². The Morgan fingerprint density at radius 2 is 1.63 bits per heavy atom. The van der Waals surface area contributed by atoms with E-state index < -0.39 is 61.9 Å². The second-order valence-corrected chi connectivity index (χ2v) is 4.36. The maximum Gasteiger partial charge on any atom is 0.258 e. The quantitative estimate of drug-likeness (QED) is 0.266. The van der Waals surface area contributed by atoms with Crippen LogP contribution >= 0.6 is 0 Å². The maximum atomic E-state index is 11.3. The summed E-state index contributed by atoms with van der Waals surface area (Å²) in [6.07, 6.45) is -8.94. The van der Waals surface area contributed by atoms with Gasteiger partial charge in [-0.15, -0.1) is 0 Å². The van der Waals surface area contributed by atoms with Gasteiger partial charge < -0.3 is 30.6 Å². The number of rotatable bonds is 6. The van der Waals surface area contributed by atoms with Gasteiger partial charge in [0.05, 0.1) is 19.6 Å². The fourth-order valence-electron chi connectivity index (χ4n) is 1.72. The predicted molar refractivity (Wildman–Crippen MR) is 58.5 cm³/mol. The smallest absolute Gasteiger partial charge is 0.258 e. The van der Waals surface area contributed by atoms with Crippen LogP contribution in [-0.4, -0.2) is 91.0 Å². The molecule has 0 aromatic rings. The Bertz CT molecular complexity index is 348. The van der Waals surface area contributed by atoms with E-state index in [-0.39, 0.29) is 0 Å². The highest BCUT2D eigenvalue weighted by molar-refractivity contribution is 6.04. The minimum Gasteiger partial charge on any atom is -0.394 e. The summed E-state index contributed by atoms with van der Waals surface area (Å²) in [5.41, 5.74) is 0. The zero-order chi connectivity index (χ0) is 14.7. The van der Waals surface area contributed by atoms with Gasteiger partial charge in [-0.2, -0.15) is 0 Å². The van der Waals surface area contributed by atoms with Gasteiger partial charge in [0.25, 0.3) is 5.91 Å². The van der Waals surface area contributed by atoms with E-state index in [9.17, 15) is 24.9 Å². The second-order valence-electron chi connectivity index (χ2n) is 4.36. The number of likely N-dealkylation sites (tertiary alicyclic amines) is 1. The molecule has 5 atom stereocenters. The van der Waals surface area contributed by atoms with Crippen LogP contribution in [-0.2, 0) is 9.59 Å². The molecule has 1 fully saturated rings. The molecule has 1 aliphatic rings. The predicted octanol–water partition coefficient (Wildman–Crippen LogP) is -4.46. The van der Waals surface area contributed by atoms with Gasteiger partial charge in [0.15, 0.2) is 0 Å². The molecule has 9 heteroatoms. The zero-order valence-corrected chi connectivity index (χ0v) is 9.96. The van der Waals surface area contributed by atoms with Crippen molar-refractivity contribution in [2.45, 2.75) is 36.9 Å². The summed E-state index contributed by atoms with van der Waals surface area (Å²) in [7, 11) is 0. The van der Waals surface area contributed by atoms with Gasteiger partial charge >= 0.3 is 0 Å². The van der Waals surface area contributed by atoms with E-state index in [1.165, 1.54) is 0 Å². The molecule has 0 spiro atoms. The molecule has 9 nitrogen and oxygen atoms in total. The number of aliphatic hydroxyl groups excluding tert-OH is 6. The van der Waals surface area contributed by atoms with Crippen LogP contribution in [0.3, 0.4) is 0 Å². The number of imide groups is 1. The van der Waals surface area contributed by atoms with Crippen LogP contribution in [0.4, 0.5) is 0 Å². The molecule has 19 heavy (non-hydrogen) atoms. The van der Waals surface area contributed by atoms with Crippen LogP contribution in [0, 0.1) is 0 Å². The van der Waals surface area contributed by atoms with Crippen molar-refractivity contribution in [3.8, 4) is 0 Å². The number of nitrogens with zero attached hydrogens (tertiary/aromatic N) is 1. The monoisotopic (exact) mass is 279 g/mol. The van der Waals surface area contributed by atoms with Crippen molar-refractivity contribution >= 4 is 11.8 Å². The molecule has 1 aliphatic heterocycles. The third-order valence-electron chi connectivity index (χ3n) is 2.92. The number of carbonyl (C=O) groups is 2. The van der Waals surface area contributed by atoms with Crippen molar-refractivity contribution in [1.82, 2.24) is 4.90 Å². The third kappa shape index (κ3) is 3.47. The molecular formula is C10H17NO8. The van der Waals surface area contributed by atoms with Gasteiger partial charge in [-0.3, -0.25) is 14.5 Å². The molecule has 0 aromatic heterocycles. The molecule has 1 rings (SSSR count).